The van der Waals surface area contributed by atoms with E-state index in [0.717, 1.165) is 0 Å². The topological polar surface area (TPSA) is 85.0 Å². The molecule has 1 saturated heterocycles. The van der Waals surface area contributed by atoms with Crippen LogP contribution in [0.3, 0.4) is 0 Å². The van der Waals surface area contributed by atoms with Gasteiger partial charge in [-0.25, -0.2) is 0 Å². The molecule has 84 valence electrons. The van der Waals surface area contributed by atoms with Crippen molar-refractivity contribution in [2.75, 3.05) is 17.2 Å². The molecule has 0 saturated carbocycles. The van der Waals surface area contributed by atoms with Gasteiger partial charge in [0.1, 0.15) is 0 Å². The smallest absolute Gasteiger partial charge is 0.238 e. The van der Waals surface area contributed by atoms with Crippen LogP contribution in [0.1, 0.15) is 6.42 Å². The quantitative estimate of drug-likeness (QED) is 0.766. The first kappa shape index (κ1) is 10.8. The lowest BCUT2D eigenvalue weighted by Gasteiger charge is -2.13. The summed E-state index contributed by atoms with van der Waals surface area (Å²) in [6.45, 7) is 4.16. The van der Waals surface area contributed by atoms with Crippen molar-refractivity contribution in [2.24, 2.45) is 5.92 Å². The molecule has 0 aromatic carbocycles. The van der Waals surface area contributed by atoms with E-state index >= 15 is 0 Å². The third-order valence-electron chi connectivity index (χ3n) is 2.34. The second kappa shape index (κ2) is 4.05. The molecule has 1 atom stereocenters. The number of nitrogens with two attached hydrogens (primary N) is 1. The molecule has 1 aromatic heterocycles. The Kier molecular flexibility index (Phi) is 2.74. The fourth-order valence-electron chi connectivity index (χ4n) is 1.56. The van der Waals surface area contributed by atoms with Gasteiger partial charge >= 0.3 is 0 Å². The fraction of sp³-hybridized carbons (Fsp3) is 0.333. The minimum atomic E-state index is -0.0634. The van der Waals surface area contributed by atoms with Gasteiger partial charge in [0.15, 0.2) is 0 Å². The van der Waals surface area contributed by atoms with Crippen LogP contribution in [-0.2, 0) is 4.79 Å². The summed E-state index contributed by atoms with van der Waals surface area (Å²) in [4.78, 5) is 24.5. The van der Waals surface area contributed by atoms with Crippen molar-refractivity contribution in [1.82, 2.24) is 15.0 Å². The summed E-state index contributed by atoms with van der Waals surface area (Å²) in [6, 6.07) is 0. The summed E-state index contributed by atoms with van der Waals surface area (Å²) < 4.78 is 0. The van der Waals surface area contributed by atoms with Crippen LogP contribution in [-0.4, -0.2) is 27.4 Å². The number of aromatic nitrogens is 3. The molecule has 7 heteroatoms. The van der Waals surface area contributed by atoms with Crippen LogP contribution in [0.15, 0.2) is 12.7 Å². The van der Waals surface area contributed by atoms with Crippen LogP contribution >= 0.6 is 11.6 Å². The van der Waals surface area contributed by atoms with Gasteiger partial charge in [-0.2, -0.15) is 15.0 Å². The lowest BCUT2D eigenvalue weighted by Crippen LogP contribution is -2.27. The number of halogens is 1. The van der Waals surface area contributed by atoms with Crippen LogP contribution in [0.2, 0.25) is 5.28 Å². The number of nitrogens with zero attached hydrogens (tertiary/aromatic N) is 4. The molecule has 2 heterocycles. The molecule has 1 aliphatic rings. The van der Waals surface area contributed by atoms with E-state index in [1.165, 1.54) is 4.90 Å². The molecule has 6 nitrogen and oxygen atoms in total. The van der Waals surface area contributed by atoms with Crippen LogP contribution in [0.4, 0.5) is 11.9 Å². The number of amides is 1. The Bertz CT molecular complexity index is 429. The number of nitrogen functional groups attached to an aromatic ring is 1. The first-order valence-electron chi connectivity index (χ1n) is 4.70. The molecule has 2 rings (SSSR count). The van der Waals surface area contributed by atoms with Crippen molar-refractivity contribution >= 4 is 29.4 Å². The zero-order chi connectivity index (χ0) is 11.7. The second-order valence-corrected chi connectivity index (χ2v) is 3.80. The first-order valence-corrected chi connectivity index (χ1v) is 5.08. The Morgan fingerprint density at radius 1 is 1.50 bits per heavy atom. The van der Waals surface area contributed by atoms with E-state index in [-0.39, 0.29) is 29.0 Å². The Hall–Kier alpha value is -1.69. The zero-order valence-corrected chi connectivity index (χ0v) is 9.18. The summed E-state index contributed by atoms with van der Waals surface area (Å²) in [6.07, 6.45) is 2.15. The van der Waals surface area contributed by atoms with Crippen LogP contribution in [0, 0.1) is 5.92 Å². The second-order valence-electron chi connectivity index (χ2n) is 3.47. The van der Waals surface area contributed by atoms with Crippen molar-refractivity contribution in [1.29, 1.82) is 0 Å². The Morgan fingerprint density at radius 2 is 2.25 bits per heavy atom. The molecular weight excluding hydrogens is 230 g/mol. The van der Waals surface area contributed by atoms with Crippen molar-refractivity contribution in [3.8, 4) is 0 Å². The molecule has 0 bridgehead atoms. The standard InChI is InChI=1S/C9H10ClN5O/c1-2-5-3-6(16)15(4-5)9-13-7(10)12-8(11)14-9/h2,5H,1,3-4H2,(H2,11,12,13,14). The van der Waals surface area contributed by atoms with Crippen LogP contribution in [0.5, 0.6) is 0 Å². The first-order chi connectivity index (χ1) is 7.60. The lowest BCUT2D eigenvalue weighted by atomic mass is 10.1. The van der Waals surface area contributed by atoms with Gasteiger partial charge < -0.3 is 5.73 Å². The molecule has 0 aliphatic carbocycles. The van der Waals surface area contributed by atoms with Crippen LogP contribution < -0.4 is 10.6 Å². The molecule has 1 aliphatic heterocycles. The SMILES string of the molecule is C=CC1CC(=O)N(c2nc(N)nc(Cl)n2)C1. The average molecular weight is 240 g/mol. The number of hydrogen-bond acceptors (Lipinski definition) is 5. The monoisotopic (exact) mass is 239 g/mol. The molecule has 0 radical (unpaired) electrons. The molecule has 1 amide bonds. The number of anilines is 2. The van der Waals surface area contributed by atoms with E-state index in [1.54, 1.807) is 6.08 Å². The van der Waals surface area contributed by atoms with Crippen molar-refractivity contribution in [3.05, 3.63) is 17.9 Å². The summed E-state index contributed by atoms with van der Waals surface area (Å²) in [5.74, 6) is 0.257. The molecule has 16 heavy (non-hydrogen) atoms. The van der Waals surface area contributed by atoms with Gasteiger partial charge in [-0.05, 0) is 11.6 Å². The minimum absolute atomic E-state index is 0.00449. The third-order valence-corrected chi connectivity index (χ3v) is 2.51. The molecule has 2 N–H and O–H groups in total. The highest BCUT2D eigenvalue weighted by atomic mass is 35.5. The summed E-state index contributed by atoms with van der Waals surface area (Å²) in [7, 11) is 0. The molecule has 0 spiro atoms. The Morgan fingerprint density at radius 3 is 2.81 bits per heavy atom. The maximum absolute atomic E-state index is 11.7. The van der Waals surface area contributed by atoms with Gasteiger partial charge in [-0.15, -0.1) is 6.58 Å². The molecule has 1 unspecified atom stereocenters. The average Bonchev–Trinajstić information content (AvgIpc) is 2.58. The number of carbonyl (C=O) groups excluding carboxylic acids is 1. The predicted octanol–water partition coefficient (Wildman–Crippen LogP) is 0.646. The van der Waals surface area contributed by atoms with Gasteiger partial charge in [0.2, 0.25) is 23.1 Å². The van der Waals surface area contributed by atoms with Gasteiger partial charge in [0, 0.05) is 18.9 Å². The van der Waals surface area contributed by atoms with E-state index in [4.69, 9.17) is 17.3 Å². The van der Waals surface area contributed by atoms with E-state index in [9.17, 15) is 4.79 Å². The molecule has 1 fully saturated rings. The van der Waals surface area contributed by atoms with E-state index < -0.39 is 0 Å². The maximum Gasteiger partial charge on any atom is 0.238 e. The van der Waals surface area contributed by atoms with Gasteiger partial charge in [-0.1, -0.05) is 6.08 Å². The zero-order valence-electron chi connectivity index (χ0n) is 8.43. The largest absolute Gasteiger partial charge is 0.368 e. The maximum atomic E-state index is 11.7. The minimum Gasteiger partial charge on any atom is -0.368 e. The fourth-order valence-corrected chi connectivity index (χ4v) is 1.72. The lowest BCUT2D eigenvalue weighted by molar-refractivity contribution is -0.117. The third kappa shape index (κ3) is 1.96. The Balaban J connectivity index is 2.30. The van der Waals surface area contributed by atoms with Crippen LogP contribution in [0.25, 0.3) is 0 Å². The van der Waals surface area contributed by atoms with E-state index in [0.29, 0.717) is 13.0 Å². The normalized spacial score (nSPS) is 20.2. The van der Waals surface area contributed by atoms with Gasteiger partial charge in [0.25, 0.3) is 0 Å². The van der Waals surface area contributed by atoms with E-state index in [2.05, 4.69) is 21.5 Å². The summed E-state index contributed by atoms with van der Waals surface area (Å²) in [5.41, 5.74) is 5.43. The Labute approximate surface area is 97.1 Å². The molecular formula is C9H10ClN5O. The number of hydrogen-bond donors (Lipinski definition) is 1. The highest BCUT2D eigenvalue weighted by Crippen LogP contribution is 2.23. The van der Waals surface area contributed by atoms with Gasteiger partial charge in [-0.3, -0.25) is 9.69 Å². The highest BCUT2D eigenvalue weighted by Gasteiger charge is 2.30. The van der Waals surface area contributed by atoms with Gasteiger partial charge in [0.05, 0.1) is 0 Å². The predicted molar refractivity (Wildman–Crippen MR) is 59.9 cm³/mol. The van der Waals surface area contributed by atoms with Crippen molar-refractivity contribution in [3.63, 3.8) is 0 Å². The van der Waals surface area contributed by atoms with Crippen molar-refractivity contribution < 1.29 is 4.79 Å². The summed E-state index contributed by atoms with van der Waals surface area (Å²) in [5, 5.41) is -0.0163. The highest BCUT2D eigenvalue weighted by molar-refractivity contribution is 6.28. The van der Waals surface area contributed by atoms with Crippen molar-refractivity contribution in [2.45, 2.75) is 6.42 Å². The summed E-state index contributed by atoms with van der Waals surface area (Å²) >= 11 is 5.65. The van der Waals surface area contributed by atoms with E-state index in [1.807, 2.05) is 0 Å². The molecule has 1 aromatic rings. The number of rotatable bonds is 2. The number of carbonyl (C=O) groups is 1.